The molecule has 0 radical (unpaired) electrons. The van der Waals surface area contributed by atoms with Gasteiger partial charge >= 0.3 is 0 Å². The minimum atomic E-state index is -0.703. The van der Waals surface area contributed by atoms with Gasteiger partial charge in [-0.25, -0.2) is 0 Å². The third-order valence-electron chi connectivity index (χ3n) is 5.67. The summed E-state index contributed by atoms with van der Waals surface area (Å²) in [6.07, 6.45) is 1.38. The lowest BCUT2D eigenvalue weighted by Crippen LogP contribution is -2.49. The van der Waals surface area contributed by atoms with E-state index in [0.29, 0.717) is 32.9 Å². The molecule has 8 nitrogen and oxygen atoms in total. The third kappa shape index (κ3) is 4.94. The van der Waals surface area contributed by atoms with Crippen LogP contribution in [0.25, 0.3) is 0 Å². The number of carbonyl (C=O) groups is 2. The van der Waals surface area contributed by atoms with Gasteiger partial charge in [0.2, 0.25) is 11.8 Å². The Balaban J connectivity index is 1.45. The van der Waals surface area contributed by atoms with E-state index in [-0.39, 0.29) is 29.9 Å². The van der Waals surface area contributed by atoms with Crippen LogP contribution in [0.3, 0.4) is 0 Å². The number of ether oxygens (including phenoxy) is 2. The van der Waals surface area contributed by atoms with Gasteiger partial charge in [0.05, 0.1) is 18.8 Å². The van der Waals surface area contributed by atoms with E-state index in [1.54, 1.807) is 6.92 Å². The molecule has 3 saturated heterocycles. The number of aliphatic hydroxyl groups is 1. The van der Waals surface area contributed by atoms with E-state index in [9.17, 15) is 14.7 Å². The highest BCUT2D eigenvalue weighted by atomic mass is 16.5. The molecular formula is C18H31N3O5. The van der Waals surface area contributed by atoms with Crippen molar-refractivity contribution in [2.75, 3.05) is 52.5 Å². The molecule has 2 N–H and O–H groups in total. The first kappa shape index (κ1) is 19.5. The first-order valence-corrected chi connectivity index (χ1v) is 9.70. The molecule has 0 aromatic rings. The van der Waals surface area contributed by atoms with Crippen molar-refractivity contribution in [3.05, 3.63) is 0 Å². The van der Waals surface area contributed by atoms with E-state index in [2.05, 4.69) is 10.2 Å². The predicted molar refractivity (Wildman–Crippen MR) is 94.5 cm³/mol. The fourth-order valence-corrected chi connectivity index (χ4v) is 3.95. The second-order valence-electron chi connectivity index (χ2n) is 7.52. The van der Waals surface area contributed by atoms with Gasteiger partial charge in [-0.1, -0.05) is 0 Å². The number of nitrogens with zero attached hydrogens (tertiary/aromatic N) is 2. The van der Waals surface area contributed by atoms with Gasteiger partial charge in [-0.3, -0.25) is 14.5 Å². The van der Waals surface area contributed by atoms with Gasteiger partial charge in [0.25, 0.3) is 0 Å². The molecule has 8 heteroatoms. The summed E-state index contributed by atoms with van der Waals surface area (Å²) in [5.41, 5.74) is 0. The standard InChI is InChI=1S/C18H31N3O5/c1-13(22)21-6-2-5-20(7-8-21)11-16-17(23)15(12-26-16)19-18(24)14-3-9-25-10-4-14/h14-17,23H,2-12H2,1H3,(H,19,24). The average molecular weight is 369 g/mol. The monoisotopic (exact) mass is 369 g/mol. The van der Waals surface area contributed by atoms with Crippen molar-refractivity contribution in [2.45, 2.75) is 44.4 Å². The molecule has 0 spiro atoms. The molecule has 0 aromatic heterocycles. The second-order valence-corrected chi connectivity index (χ2v) is 7.52. The topological polar surface area (TPSA) is 91.3 Å². The Kier molecular flexibility index (Phi) is 6.86. The van der Waals surface area contributed by atoms with Gasteiger partial charge < -0.3 is 24.8 Å². The summed E-state index contributed by atoms with van der Waals surface area (Å²) in [6, 6.07) is -0.351. The van der Waals surface area contributed by atoms with Crippen LogP contribution >= 0.6 is 0 Å². The van der Waals surface area contributed by atoms with Crippen LogP contribution in [0, 0.1) is 5.92 Å². The van der Waals surface area contributed by atoms with Crippen molar-refractivity contribution in [3.8, 4) is 0 Å². The Bertz CT molecular complexity index is 497. The maximum atomic E-state index is 12.4. The number of amides is 2. The predicted octanol–water partition coefficient (Wildman–Crippen LogP) is -0.788. The molecule has 3 unspecified atom stereocenters. The SMILES string of the molecule is CC(=O)N1CCCN(CC2OCC(NC(=O)C3CCOCC3)C2O)CC1. The number of hydrogen-bond acceptors (Lipinski definition) is 6. The second kappa shape index (κ2) is 9.12. The summed E-state index contributed by atoms with van der Waals surface area (Å²) in [6.45, 7) is 6.97. The van der Waals surface area contributed by atoms with Crippen LogP contribution < -0.4 is 5.32 Å². The maximum absolute atomic E-state index is 12.4. The summed E-state index contributed by atoms with van der Waals surface area (Å²) < 4.78 is 11.1. The highest BCUT2D eigenvalue weighted by molar-refractivity contribution is 5.79. The largest absolute Gasteiger partial charge is 0.388 e. The van der Waals surface area contributed by atoms with E-state index >= 15 is 0 Å². The number of aliphatic hydroxyl groups excluding tert-OH is 1. The zero-order valence-electron chi connectivity index (χ0n) is 15.6. The Morgan fingerprint density at radius 3 is 2.65 bits per heavy atom. The lowest BCUT2D eigenvalue weighted by Gasteiger charge is -2.27. The molecule has 3 rings (SSSR count). The van der Waals surface area contributed by atoms with Crippen LogP contribution in [0.5, 0.6) is 0 Å². The van der Waals surface area contributed by atoms with E-state index in [4.69, 9.17) is 9.47 Å². The van der Waals surface area contributed by atoms with Gasteiger partial charge in [0, 0.05) is 52.2 Å². The molecule has 2 amide bonds. The van der Waals surface area contributed by atoms with Crippen molar-refractivity contribution in [2.24, 2.45) is 5.92 Å². The van der Waals surface area contributed by atoms with Crippen molar-refractivity contribution in [1.82, 2.24) is 15.1 Å². The molecule has 3 atom stereocenters. The zero-order valence-corrected chi connectivity index (χ0v) is 15.6. The van der Waals surface area contributed by atoms with Crippen molar-refractivity contribution in [1.29, 1.82) is 0 Å². The van der Waals surface area contributed by atoms with Gasteiger partial charge in [-0.15, -0.1) is 0 Å². The molecule has 0 saturated carbocycles. The minimum Gasteiger partial charge on any atom is -0.388 e. The van der Waals surface area contributed by atoms with Gasteiger partial charge in [0.1, 0.15) is 6.10 Å². The van der Waals surface area contributed by atoms with Crippen LogP contribution in [-0.2, 0) is 19.1 Å². The number of nitrogens with one attached hydrogen (secondary N) is 1. The summed E-state index contributed by atoms with van der Waals surface area (Å²) in [4.78, 5) is 28.0. The lowest BCUT2D eigenvalue weighted by atomic mass is 9.98. The van der Waals surface area contributed by atoms with Crippen LogP contribution in [0.4, 0.5) is 0 Å². The molecule has 3 fully saturated rings. The van der Waals surface area contributed by atoms with Crippen molar-refractivity contribution < 1.29 is 24.2 Å². The molecular weight excluding hydrogens is 338 g/mol. The fraction of sp³-hybridized carbons (Fsp3) is 0.889. The van der Waals surface area contributed by atoms with Gasteiger partial charge in [-0.2, -0.15) is 0 Å². The number of carbonyl (C=O) groups excluding carboxylic acids is 2. The summed E-state index contributed by atoms with van der Waals surface area (Å²) >= 11 is 0. The molecule has 0 aromatic carbocycles. The molecule has 3 aliphatic rings. The summed E-state index contributed by atoms with van der Waals surface area (Å²) in [7, 11) is 0. The van der Waals surface area contributed by atoms with Gasteiger partial charge in [0.15, 0.2) is 0 Å². The minimum absolute atomic E-state index is 0.00604. The summed E-state index contributed by atoms with van der Waals surface area (Å²) in [5.74, 6) is 0.0755. The smallest absolute Gasteiger partial charge is 0.223 e. The first-order valence-electron chi connectivity index (χ1n) is 9.70. The van der Waals surface area contributed by atoms with E-state index < -0.39 is 6.10 Å². The number of hydrogen-bond donors (Lipinski definition) is 2. The Morgan fingerprint density at radius 1 is 1.15 bits per heavy atom. The van der Waals surface area contributed by atoms with Crippen molar-refractivity contribution in [3.63, 3.8) is 0 Å². The molecule has 0 aliphatic carbocycles. The third-order valence-corrected chi connectivity index (χ3v) is 5.67. The van der Waals surface area contributed by atoms with Crippen molar-refractivity contribution >= 4 is 11.8 Å². The first-order chi connectivity index (χ1) is 12.5. The van der Waals surface area contributed by atoms with E-state index in [1.807, 2.05) is 4.90 Å². The van der Waals surface area contributed by atoms with Crippen LogP contribution in [0.1, 0.15) is 26.2 Å². The Labute approximate surface area is 154 Å². The number of rotatable bonds is 4. The lowest BCUT2D eigenvalue weighted by molar-refractivity contribution is -0.129. The Hall–Kier alpha value is -1.22. The quantitative estimate of drug-likeness (QED) is 0.675. The highest BCUT2D eigenvalue weighted by Gasteiger charge is 2.38. The van der Waals surface area contributed by atoms with Gasteiger partial charge in [-0.05, 0) is 25.8 Å². The average Bonchev–Trinajstić information content (AvgIpc) is 2.85. The highest BCUT2D eigenvalue weighted by Crippen LogP contribution is 2.19. The normalized spacial score (nSPS) is 31.6. The zero-order chi connectivity index (χ0) is 18.5. The van der Waals surface area contributed by atoms with Crippen LogP contribution in [0.2, 0.25) is 0 Å². The Morgan fingerprint density at radius 2 is 1.92 bits per heavy atom. The van der Waals surface area contributed by atoms with E-state index in [1.165, 1.54) is 0 Å². The molecule has 3 aliphatic heterocycles. The maximum Gasteiger partial charge on any atom is 0.223 e. The summed E-state index contributed by atoms with van der Waals surface area (Å²) in [5, 5.41) is 13.5. The molecule has 3 heterocycles. The molecule has 26 heavy (non-hydrogen) atoms. The van der Waals surface area contributed by atoms with Crippen LogP contribution in [0.15, 0.2) is 0 Å². The molecule has 0 bridgehead atoms. The van der Waals surface area contributed by atoms with E-state index in [0.717, 1.165) is 38.9 Å². The van der Waals surface area contributed by atoms with Crippen LogP contribution in [-0.4, -0.2) is 97.5 Å². The fourth-order valence-electron chi connectivity index (χ4n) is 3.95. The molecule has 148 valence electrons.